The van der Waals surface area contributed by atoms with Gasteiger partial charge in [0.1, 0.15) is 6.10 Å². The lowest BCUT2D eigenvalue weighted by molar-refractivity contribution is -0.121. The molecule has 0 aromatic carbocycles. The van der Waals surface area contributed by atoms with Crippen LogP contribution >= 0.6 is 0 Å². The van der Waals surface area contributed by atoms with Crippen LogP contribution in [0.3, 0.4) is 0 Å². The topological polar surface area (TPSA) is 78.3 Å². The molecule has 0 saturated carbocycles. The van der Waals surface area contributed by atoms with Crippen LogP contribution in [-0.2, 0) is 23.0 Å². The summed E-state index contributed by atoms with van der Waals surface area (Å²) in [6.45, 7) is 4.53. The molecule has 1 amide bonds. The number of nitrogens with zero attached hydrogens (tertiary/aromatic N) is 3. The molecule has 1 N–H and O–H groups in total. The van der Waals surface area contributed by atoms with Crippen LogP contribution < -0.4 is 10.1 Å². The van der Waals surface area contributed by atoms with E-state index < -0.39 is 0 Å². The molecule has 2 atom stereocenters. The molecule has 1 fully saturated rings. The van der Waals surface area contributed by atoms with Crippen LogP contribution in [0.2, 0.25) is 0 Å². The minimum Gasteiger partial charge on any atom is -0.481 e. The first-order valence-electron chi connectivity index (χ1n) is 8.39. The Balaban J connectivity index is 1.67. The number of aryl methyl sites for hydroxylation is 2. The van der Waals surface area contributed by atoms with Gasteiger partial charge in [-0.3, -0.25) is 9.48 Å². The minimum absolute atomic E-state index is 0.0128. The van der Waals surface area contributed by atoms with E-state index in [0.717, 1.165) is 28.9 Å². The van der Waals surface area contributed by atoms with Gasteiger partial charge in [-0.05, 0) is 26.3 Å². The number of rotatable bonds is 5. The van der Waals surface area contributed by atoms with Gasteiger partial charge in [0.2, 0.25) is 11.8 Å². The smallest absolute Gasteiger partial charge is 0.224 e. The van der Waals surface area contributed by atoms with E-state index in [1.54, 1.807) is 19.4 Å². The third kappa shape index (κ3) is 3.66. The predicted octanol–water partition coefficient (Wildman–Crippen LogP) is 1.63. The van der Waals surface area contributed by atoms with E-state index in [-0.39, 0.29) is 18.1 Å². The van der Waals surface area contributed by atoms with Crippen LogP contribution in [0.1, 0.15) is 35.0 Å². The van der Waals surface area contributed by atoms with Gasteiger partial charge in [0.25, 0.3) is 0 Å². The highest BCUT2D eigenvalue weighted by molar-refractivity contribution is 5.79. The fourth-order valence-electron chi connectivity index (χ4n) is 3.24. The van der Waals surface area contributed by atoms with Crippen LogP contribution in [0, 0.1) is 13.8 Å². The van der Waals surface area contributed by atoms with Crippen molar-refractivity contribution in [1.82, 2.24) is 20.1 Å². The zero-order valence-corrected chi connectivity index (χ0v) is 15.1. The second-order valence-electron chi connectivity index (χ2n) is 6.34. The van der Waals surface area contributed by atoms with E-state index in [9.17, 15) is 4.79 Å². The second-order valence-corrected chi connectivity index (χ2v) is 6.34. The number of methoxy groups -OCH3 is 1. The third-order valence-electron chi connectivity index (χ3n) is 4.73. The van der Waals surface area contributed by atoms with Crippen LogP contribution in [0.5, 0.6) is 5.88 Å². The maximum absolute atomic E-state index is 12.5. The number of carbonyl (C=O) groups is 1. The number of nitrogens with one attached hydrogen (secondary N) is 1. The van der Waals surface area contributed by atoms with Gasteiger partial charge in [-0.25, -0.2) is 4.98 Å². The van der Waals surface area contributed by atoms with Crippen LogP contribution in [0.25, 0.3) is 0 Å². The quantitative estimate of drug-likeness (QED) is 0.892. The summed E-state index contributed by atoms with van der Waals surface area (Å²) in [5.74, 6) is 0.547. The monoisotopic (exact) mass is 344 g/mol. The zero-order chi connectivity index (χ0) is 18.0. The summed E-state index contributed by atoms with van der Waals surface area (Å²) in [6.07, 6.45) is 2.67. The Hall–Kier alpha value is -2.41. The van der Waals surface area contributed by atoms with Gasteiger partial charge in [-0.2, -0.15) is 5.10 Å². The number of hydrogen-bond donors (Lipinski definition) is 1. The fourth-order valence-corrected chi connectivity index (χ4v) is 3.24. The molecule has 0 aliphatic carbocycles. The Labute approximate surface area is 147 Å². The molecule has 0 radical (unpaired) electrons. The summed E-state index contributed by atoms with van der Waals surface area (Å²) in [6, 6.07) is 3.68. The standard InChI is InChI=1S/C18H24N4O3/c1-11-14(12(2)22(3)21-11)9-16(23)20-15-7-8-25-18(15)13-5-6-17(24-4)19-10-13/h5-6,10,15,18H,7-9H2,1-4H3,(H,20,23)/t15-,18+/m0/s1. The number of hydrogen-bond acceptors (Lipinski definition) is 5. The Morgan fingerprint density at radius 1 is 1.44 bits per heavy atom. The first-order valence-corrected chi connectivity index (χ1v) is 8.39. The van der Waals surface area contributed by atoms with Crippen molar-refractivity contribution in [2.75, 3.05) is 13.7 Å². The SMILES string of the molecule is COc1ccc([C@H]2OCC[C@@H]2NC(=O)Cc2c(C)nn(C)c2C)cn1. The Morgan fingerprint density at radius 2 is 2.24 bits per heavy atom. The van der Waals surface area contributed by atoms with Gasteiger partial charge in [0, 0.05) is 42.7 Å². The molecule has 1 aliphatic heterocycles. The molecule has 0 unspecified atom stereocenters. The Kier molecular flexibility index (Phi) is 5.03. The van der Waals surface area contributed by atoms with Crippen molar-refractivity contribution in [2.24, 2.45) is 7.05 Å². The lowest BCUT2D eigenvalue weighted by Crippen LogP contribution is -2.37. The molecule has 134 valence electrons. The maximum Gasteiger partial charge on any atom is 0.224 e. The number of aromatic nitrogens is 3. The van der Waals surface area contributed by atoms with Gasteiger partial charge in [0.05, 0.1) is 25.3 Å². The molecule has 3 rings (SSSR count). The molecule has 2 aromatic heterocycles. The van der Waals surface area contributed by atoms with Gasteiger partial charge in [-0.15, -0.1) is 0 Å². The first kappa shape index (κ1) is 17.4. The molecular weight excluding hydrogens is 320 g/mol. The molecule has 25 heavy (non-hydrogen) atoms. The van der Waals surface area contributed by atoms with Gasteiger partial charge < -0.3 is 14.8 Å². The van der Waals surface area contributed by atoms with Crippen molar-refractivity contribution < 1.29 is 14.3 Å². The van der Waals surface area contributed by atoms with Crippen LogP contribution in [-0.4, -0.2) is 40.4 Å². The molecule has 1 aliphatic rings. The van der Waals surface area contributed by atoms with Crippen molar-refractivity contribution in [3.63, 3.8) is 0 Å². The largest absolute Gasteiger partial charge is 0.481 e. The molecular formula is C18H24N4O3. The van der Waals surface area contributed by atoms with E-state index in [4.69, 9.17) is 9.47 Å². The van der Waals surface area contributed by atoms with Crippen LogP contribution in [0.15, 0.2) is 18.3 Å². The Bertz CT molecular complexity index is 754. The maximum atomic E-state index is 12.5. The zero-order valence-electron chi connectivity index (χ0n) is 15.1. The van der Waals surface area contributed by atoms with E-state index in [2.05, 4.69) is 15.4 Å². The van der Waals surface area contributed by atoms with Gasteiger partial charge >= 0.3 is 0 Å². The highest BCUT2D eigenvalue weighted by atomic mass is 16.5. The van der Waals surface area contributed by atoms with Gasteiger partial charge in [0.15, 0.2) is 0 Å². The summed E-state index contributed by atoms with van der Waals surface area (Å²) >= 11 is 0. The molecule has 1 saturated heterocycles. The summed E-state index contributed by atoms with van der Waals surface area (Å²) in [5.41, 5.74) is 3.85. The van der Waals surface area contributed by atoms with Crippen molar-refractivity contribution in [1.29, 1.82) is 0 Å². The average molecular weight is 344 g/mol. The minimum atomic E-state index is -0.182. The average Bonchev–Trinajstić information content (AvgIpc) is 3.15. The van der Waals surface area contributed by atoms with E-state index in [0.29, 0.717) is 18.9 Å². The Morgan fingerprint density at radius 3 is 2.84 bits per heavy atom. The van der Waals surface area contributed by atoms with Crippen molar-refractivity contribution in [2.45, 2.75) is 38.8 Å². The summed E-state index contributed by atoms with van der Waals surface area (Å²) in [4.78, 5) is 16.7. The number of pyridine rings is 1. The molecule has 7 nitrogen and oxygen atoms in total. The van der Waals surface area contributed by atoms with E-state index >= 15 is 0 Å². The third-order valence-corrected chi connectivity index (χ3v) is 4.73. The van der Waals surface area contributed by atoms with E-state index in [1.165, 1.54) is 0 Å². The highest BCUT2D eigenvalue weighted by Crippen LogP contribution is 2.29. The first-order chi connectivity index (χ1) is 12.0. The van der Waals surface area contributed by atoms with Crippen LogP contribution in [0.4, 0.5) is 0 Å². The summed E-state index contributed by atoms with van der Waals surface area (Å²) in [5, 5.41) is 7.47. The number of amides is 1. The van der Waals surface area contributed by atoms with Crippen molar-refractivity contribution in [3.05, 3.63) is 40.8 Å². The second kappa shape index (κ2) is 7.23. The summed E-state index contributed by atoms with van der Waals surface area (Å²) in [7, 11) is 3.47. The van der Waals surface area contributed by atoms with Gasteiger partial charge in [-0.1, -0.05) is 0 Å². The molecule has 0 bridgehead atoms. The lowest BCUT2D eigenvalue weighted by atomic mass is 10.0. The predicted molar refractivity (Wildman–Crippen MR) is 92.4 cm³/mol. The number of ether oxygens (including phenoxy) is 2. The van der Waals surface area contributed by atoms with Crippen molar-refractivity contribution >= 4 is 5.91 Å². The molecule has 0 spiro atoms. The fraction of sp³-hybridized carbons (Fsp3) is 0.500. The van der Waals surface area contributed by atoms with Crippen molar-refractivity contribution in [3.8, 4) is 5.88 Å². The molecule has 2 aromatic rings. The summed E-state index contributed by atoms with van der Waals surface area (Å²) < 4.78 is 12.7. The highest BCUT2D eigenvalue weighted by Gasteiger charge is 2.31. The number of carbonyl (C=O) groups excluding carboxylic acids is 1. The van der Waals surface area contributed by atoms with E-state index in [1.807, 2.05) is 31.6 Å². The molecule has 7 heteroatoms. The normalized spacial score (nSPS) is 19.8. The lowest BCUT2D eigenvalue weighted by Gasteiger charge is -2.20. The molecule has 3 heterocycles.